The smallest absolute Gasteiger partial charge is 0.338 e. The van der Waals surface area contributed by atoms with E-state index in [1.165, 1.54) is 59.9 Å². The van der Waals surface area contributed by atoms with Crippen molar-refractivity contribution in [3.05, 3.63) is 70.1 Å². The second-order valence-corrected chi connectivity index (χ2v) is 9.02. The Morgan fingerprint density at radius 2 is 1.88 bits per heavy atom. The number of ether oxygens (including phenoxy) is 1. The van der Waals surface area contributed by atoms with E-state index >= 15 is 0 Å². The van der Waals surface area contributed by atoms with E-state index in [2.05, 4.69) is 10.2 Å². The maximum Gasteiger partial charge on any atom is 0.338 e. The van der Waals surface area contributed by atoms with E-state index in [1.807, 2.05) is 0 Å². The first-order chi connectivity index (χ1) is 15.1. The molecule has 0 aliphatic rings. The quantitative estimate of drug-likeness (QED) is 0.281. The van der Waals surface area contributed by atoms with E-state index in [1.54, 1.807) is 13.8 Å². The summed E-state index contributed by atoms with van der Waals surface area (Å²) < 4.78 is 37.0. The third-order valence-corrected chi connectivity index (χ3v) is 6.62. The van der Waals surface area contributed by atoms with E-state index < -0.39 is 20.9 Å². The fraction of sp³-hybridized carbons (Fsp3) is 0.250. The zero-order valence-electron chi connectivity index (χ0n) is 17.5. The van der Waals surface area contributed by atoms with Crippen molar-refractivity contribution < 1.29 is 27.3 Å². The van der Waals surface area contributed by atoms with E-state index in [0.29, 0.717) is 5.56 Å². The molecule has 0 spiro atoms. The molecule has 0 N–H and O–H groups in total. The monoisotopic (exact) mass is 460 g/mol. The minimum Gasteiger partial charge on any atom is -0.452 e. The average Bonchev–Trinajstić information content (AvgIpc) is 3.26. The van der Waals surface area contributed by atoms with Gasteiger partial charge in [-0.2, -0.15) is 4.31 Å². The van der Waals surface area contributed by atoms with Gasteiger partial charge in [0.15, 0.2) is 6.61 Å². The van der Waals surface area contributed by atoms with Crippen LogP contribution in [-0.2, 0) is 21.4 Å². The molecule has 168 valence electrons. The van der Waals surface area contributed by atoms with Crippen LogP contribution in [0.2, 0.25) is 0 Å². The number of hydrogen-bond acceptors (Lipinski definition) is 9. The average molecular weight is 460 g/mol. The number of sulfonamides is 1. The standard InChI is InChI=1S/C20H20N4O7S/c1-13(2)23(3)32(28,29)17-6-4-5-15(11-17)20(25)30-12-18-21-22-19(31-18)14-7-9-16(10-8-14)24(26)27/h4-11,13H,12H2,1-3H3. The van der Waals surface area contributed by atoms with Gasteiger partial charge in [-0.05, 0) is 44.2 Å². The van der Waals surface area contributed by atoms with Crippen LogP contribution in [-0.4, -0.2) is 46.9 Å². The van der Waals surface area contributed by atoms with Gasteiger partial charge < -0.3 is 9.15 Å². The Labute approximate surface area is 183 Å². The lowest BCUT2D eigenvalue weighted by Crippen LogP contribution is -2.33. The number of aromatic nitrogens is 2. The van der Waals surface area contributed by atoms with Crippen molar-refractivity contribution in [3.63, 3.8) is 0 Å². The molecule has 0 aliphatic heterocycles. The lowest BCUT2D eigenvalue weighted by atomic mass is 10.2. The van der Waals surface area contributed by atoms with Crippen LogP contribution in [0.4, 0.5) is 5.69 Å². The van der Waals surface area contributed by atoms with Gasteiger partial charge in [0.25, 0.3) is 11.6 Å². The van der Waals surface area contributed by atoms with Gasteiger partial charge in [0.05, 0.1) is 15.4 Å². The first kappa shape index (κ1) is 23.0. The Morgan fingerprint density at radius 1 is 1.19 bits per heavy atom. The van der Waals surface area contributed by atoms with Crippen molar-refractivity contribution in [2.75, 3.05) is 7.05 Å². The molecule has 0 saturated carbocycles. The summed E-state index contributed by atoms with van der Waals surface area (Å²) in [5.74, 6) is -0.643. The Hall–Kier alpha value is -3.64. The lowest BCUT2D eigenvalue weighted by Gasteiger charge is -2.21. The van der Waals surface area contributed by atoms with Crippen LogP contribution in [0.25, 0.3) is 11.5 Å². The summed E-state index contributed by atoms with van der Waals surface area (Å²) in [5.41, 5.74) is 0.442. The summed E-state index contributed by atoms with van der Waals surface area (Å²) in [4.78, 5) is 22.6. The molecule has 0 radical (unpaired) electrons. The summed E-state index contributed by atoms with van der Waals surface area (Å²) >= 11 is 0. The van der Waals surface area contributed by atoms with Crippen LogP contribution >= 0.6 is 0 Å². The van der Waals surface area contributed by atoms with Gasteiger partial charge in [-0.3, -0.25) is 10.1 Å². The van der Waals surface area contributed by atoms with E-state index in [4.69, 9.17) is 9.15 Å². The number of hydrogen-bond donors (Lipinski definition) is 0. The highest BCUT2D eigenvalue weighted by Crippen LogP contribution is 2.22. The largest absolute Gasteiger partial charge is 0.452 e. The summed E-state index contributed by atoms with van der Waals surface area (Å²) in [6, 6.07) is 10.8. The minimum absolute atomic E-state index is 0.00928. The molecule has 0 saturated heterocycles. The summed E-state index contributed by atoms with van der Waals surface area (Å²) in [7, 11) is -2.29. The first-order valence-corrected chi connectivity index (χ1v) is 10.9. The summed E-state index contributed by atoms with van der Waals surface area (Å²) in [6.45, 7) is 3.15. The predicted molar refractivity (Wildman–Crippen MR) is 112 cm³/mol. The topological polar surface area (TPSA) is 146 Å². The molecule has 0 amide bonds. The van der Waals surface area contributed by atoms with Crippen molar-refractivity contribution in [2.45, 2.75) is 31.4 Å². The molecule has 11 nitrogen and oxygen atoms in total. The Bertz CT molecular complexity index is 1240. The molecule has 0 fully saturated rings. The maximum atomic E-state index is 12.6. The van der Waals surface area contributed by atoms with Gasteiger partial charge in [0.2, 0.25) is 15.9 Å². The molecule has 0 aliphatic carbocycles. The number of esters is 1. The Kier molecular flexibility index (Phi) is 6.65. The maximum absolute atomic E-state index is 12.6. The number of nitro benzene ring substituents is 1. The van der Waals surface area contributed by atoms with Gasteiger partial charge in [0.1, 0.15) is 0 Å². The van der Waals surface area contributed by atoms with E-state index in [-0.39, 0.29) is 40.6 Å². The van der Waals surface area contributed by atoms with Crippen LogP contribution < -0.4 is 0 Å². The molecule has 0 atom stereocenters. The SMILES string of the molecule is CC(C)N(C)S(=O)(=O)c1cccc(C(=O)OCc2nnc(-c3ccc([N+](=O)[O-])cc3)o2)c1. The van der Waals surface area contributed by atoms with Crippen LogP contribution in [0.1, 0.15) is 30.1 Å². The number of rotatable bonds is 8. The molecule has 3 rings (SSSR count). The van der Waals surface area contributed by atoms with Gasteiger partial charge in [-0.15, -0.1) is 10.2 Å². The molecule has 0 unspecified atom stereocenters. The number of nitro groups is 1. The number of carbonyl (C=O) groups excluding carboxylic acids is 1. The molecule has 1 aromatic heterocycles. The first-order valence-electron chi connectivity index (χ1n) is 9.42. The van der Waals surface area contributed by atoms with Crippen LogP contribution in [0.5, 0.6) is 0 Å². The molecule has 12 heteroatoms. The molecular formula is C20H20N4O7S. The number of carbonyl (C=O) groups is 1. The molecule has 32 heavy (non-hydrogen) atoms. The Morgan fingerprint density at radius 3 is 2.50 bits per heavy atom. The van der Waals surface area contributed by atoms with Gasteiger partial charge in [-0.1, -0.05) is 6.07 Å². The molecular weight excluding hydrogens is 440 g/mol. The molecule has 2 aromatic carbocycles. The zero-order chi connectivity index (χ0) is 23.5. The number of nitrogens with zero attached hydrogens (tertiary/aromatic N) is 4. The van der Waals surface area contributed by atoms with Crippen molar-refractivity contribution in [2.24, 2.45) is 0 Å². The van der Waals surface area contributed by atoms with E-state index in [0.717, 1.165) is 0 Å². The zero-order valence-corrected chi connectivity index (χ0v) is 18.3. The second-order valence-electron chi connectivity index (χ2n) is 7.02. The number of benzene rings is 2. The van der Waals surface area contributed by atoms with Gasteiger partial charge in [-0.25, -0.2) is 13.2 Å². The summed E-state index contributed by atoms with van der Waals surface area (Å²) in [6.07, 6.45) is 0. The van der Waals surface area contributed by atoms with Gasteiger partial charge in [0, 0.05) is 30.8 Å². The van der Waals surface area contributed by atoms with Crippen LogP contribution in [0, 0.1) is 10.1 Å². The number of non-ortho nitro benzene ring substituents is 1. The fourth-order valence-electron chi connectivity index (χ4n) is 2.59. The van der Waals surface area contributed by atoms with Crippen LogP contribution in [0.3, 0.4) is 0 Å². The van der Waals surface area contributed by atoms with Crippen molar-refractivity contribution >= 4 is 21.7 Å². The van der Waals surface area contributed by atoms with Crippen molar-refractivity contribution in [1.29, 1.82) is 0 Å². The lowest BCUT2D eigenvalue weighted by molar-refractivity contribution is -0.384. The van der Waals surface area contributed by atoms with Crippen LogP contribution in [0.15, 0.2) is 57.8 Å². The van der Waals surface area contributed by atoms with E-state index in [9.17, 15) is 23.3 Å². The minimum atomic E-state index is -3.75. The third-order valence-electron chi connectivity index (χ3n) is 4.59. The highest BCUT2D eigenvalue weighted by molar-refractivity contribution is 7.89. The summed E-state index contributed by atoms with van der Waals surface area (Å²) in [5, 5.41) is 18.3. The Balaban J connectivity index is 1.69. The predicted octanol–water partition coefficient (Wildman–Crippen LogP) is 3.03. The second kappa shape index (κ2) is 9.24. The van der Waals surface area contributed by atoms with Crippen molar-refractivity contribution in [3.8, 4) is 11.5 Å². The molecule has 3 aromatic rings. The molecule has 1 heterocycles. The molecule has 0 bridgehead atoms. The fourth-order valence-corrected chi connectivity index (χ4v) is 4.01. The van der Waals surface area contributed by atoms with Gasteiger partial charge >= 0.3 is 5.97 Å². The highest BCUT2D eigenvalue weighted by Gasteiger charge is 2.24. The highest BCUT2D eigenvalue weighted by atomic mass is 32.2. The van der Waals surface area contributed by atoms with Crippen molar-refractivity contribution in [1.82, 2.24) is 14.5 Å². The third kappa shape index (κ3) is 4.98. The normalized spacial score (nSPS) is 11.7.